The highest BCUT2D eigenvalue weighted by molar-refractivity contribution is 5.23. The van der Waals surface area contributed by atoms with Crippen molar-refractivity contribution < 1.29 is 13.9 Å². The maximum absolute atomic E-state index is 14.1. The molecule has 1 N–H and O–H groups in total. The first-order valence-electron chi connectivity index (χ1n) is 6.86. The van der Waals surface area contributed by atoms with Gasteiger partial charge in [0.15, 0.2) is 5.82 Å². The summed E-state index contributed by atoms with van der Waals surface area (Å²) in [5.74, 6) is 0.199. The summed E-state index contributed by atoms with van der Waals surface area (Å²) in [4.78, 5) is 3.98. The molecule has 0 unspecified atom stereocenters. The lowest BCUT2D eigenvalue weighted by Gasteiger charge is -2.22. The molecule has 106 valence electrons. The molecule has 1 aliphatic heterocycles. The zero-order valence-corrected chi connectivity index (χ0v) is 11.3. The zero-order valence-electron chi connectivity index (χ0n) is 11.3. The van der Waals surface area contributed by atoms with Crippen LogP contribution in [0.2, 0.25) is 0 Å². The van der Waals surface area contributed by atoms with E-state index in [0.717, 1.165) is 32.6 Å². The highest BCUT2D eigenvalue weighted by atomic mass is 19.1. The summed E-state index contributed by atoms with van der Waals surface area (Å²) in [7, 11) is 0. The molecule has 1 aliphatic rings. The maximum Gasteiger partial charge on any atom is 0.250 e. The number of aromatic nitrogens is 1. The summed E-state index contributed by atoms with van der Waals surface area (Å²) >= 11 is 0. The molecule has 19 heavy (non-hydrogen) atoms. The smallest absolute Gasteiger partial charge is 0.250 e. The Balaban J connectivity index is 1.91. The zero-order chi connectivity index (χ0) is 13.5. The molecule has 1 saturated heterocycles. The highest BCUT2D eigenvalue weighted by Crippen LogP contribution is 2.20. The molecule has 5 heteroatoms. The summed E-state index contributed by atoms with van der Waals surface area (Å²) in [6.45, 7) is 5.34. The molecule has 0 aliphatic carbocycles. The van der Waals surface area contributed by atoms with Crippen LogP contribution < -0.4 is 10.1 Å². The van der Waals surface area contributed by atoms with Crippen molar-refractivity contribution in [3.8, 4) is 5.88 Å². The van der Waals surface area contributed by atoms with Gasteiger partial charge in [-0.1, -0.05) is 6.92 Å². The van der Waals surface area contributed by atoms with Gasteiger partial charge in [0.25, 0.3) is 5.88 Å². The Morgan fingerprint density at radius 2 is 2.26 bits per heavy atom. The Bertz CT molecular complexity index is 395. The average molecular weight is 268 g/mol. The molecular weight excluding hydrogens is 247 g/mol. The lowest BCUT2D eigenvalue weighted by Crippen LogP contribution is -2.22. The van der Waals surface area contributed by atoms with Crippen LogP contribution in [0.1, 0.15) is 25.3 Å². The van der Waals surface area contributed by atoms with Gasteiger partial charge in [-0.3, -0.25) is 0 Å². The second kappa shape index (κ2) is 7.40. The number of hydrogen-bond donors (Lipinski definition) is 1. The van der Waals surface area contributed by atoms with Gasteiger partial charge in [0.05, 0.1) is 6.61 Å². The molecule has 1 fully saturated rings. The maximum atomic E-state index is 14.1. The van der Waals surface area contributed by atoms with E-state index in [-0.39, 0.29) is 11.7 Å². The molecule has 0 bridgehead atoms. The van der Waals surface area contributed by atoms with Gasteiger partial charge in [0.1, 0.15) is 0 Å². The van der Waals surface area contributed by atoms with Crippen LogP contribution in [0.25, 0.3) is 0 Å². The number of rotatable bonds is 6. The van der Waals surface area contributed by atoms with Gasteiger partial charge in [-0.2, -0.15) is 0 Å². The van der Waals surface area contributed by atoms with Crippen LogP contribution in [0.4, 0.5) is 4.39 Å². The van der Waals surface area contributed by atoms with Crippen molar-refractivity contribution in [2.75, 3.05) is 26.4 Å². The first-order chi connectivity index (χ1) is 9.31. The summed E-state index contributed by atoms with van der Waals surface area (Å²) < 4.78 is 24.9. The van der Waals surface area contributed by atoms with E-state index in [0.29, 0.717) is 24.6 Å². The van der Waals surface area contributed by atoms with Crippen LogP contribution in [0, 0.1) is 11.7 Å². The van der Waals surface area contributed by atoms with E-state index in [9.17, 15) is 4.39 Å². The molecule has 1 aromatic heterocycles. The predicted molar refractivity (Wildman–Crippen MR) is 70.6 cm³/mol. The second-order valence-corrected chi connectivity index (χ2v) is 4.74. The summed E-state index contributed by atoms with van der Waals surface area (Å²) in [6.07, 6.45) is 3.53. The minimum Gasteiger partial charge on any atom is -0.475 e. The van der Waals surface area contributed by atoms with Gasteiger partial charge < -0.3 is 14.8 Å². The largest absolute Gasteiger partial charge is 0.475 e. The molecule has 0 atom stereocenters. The van der Waals surface area contributed by atoms with Gasteiger partial charge in [0.2, 0.25) is 0 Å². The van der Waals surface area contributed by atoms with Gasteiger partial charge in [0, 0.05) is 31.5 Å². The third-order valence-electron chi connectivity index (χ3n) is 3.30. The highest BCUT2D eigenvalue weighted by Gasteiger charge is 2.16. The van der Waals surface area contributed by atoms with E-state index in [1.807, 2.05) is 6.92 Å². The molecule has 2 heterocycles. The molecule has 0 aromatic carbocycles. The Hall–Kier alpha value is -1.20. The monoisotopic (exact) mass is 268 g/mol. The topological polar surface area (TPSA) is 43.4 Å². The number of halogens is 1. The number of hydrogen-bond acceptors (Lipinski definition) is 4. The summed E-state index contributed by atoms with van der Waals surface area (Å²) in [5, 5.41) is 3.10. The number of pyridine rings is 1. The molecule has 4 nitrogen and oxygen atoms in total. The second-order valence-electron chi connectivity index (χ2n) is 4.74. The first-order valence-corrected chi connectivity index (χ1v) is 6.86. The molecule has 1 aromatic rings. The van der Waals surface area contributed by atoms with Crippen molar-refractivity contribution >= 4 is 0 Å². The van der Waals surface area contributed by atoms with Crippen molar-refractivity contribution in [2.45, 2.75) is 26.3 Å². The van der Waals surface area contributed by atoms with E-state index < -0.39 is 0 Å². The van der Waals surface area contributed by atoms with Crippen LogP contribution >= 0.6 is 0 Å². The Morgan fingerprint density at radius 1 is 1.47 bits per heavy atom. The Kier molecular flexibility index (Phi) is 5.54. The Labute approximate surface area is 113 Å². The van der Waals surface area contributed by atoms with Crippen LogP contribution in [0.5, 0.6) is 5.88 Å². The predicted octanol–water partition coefficient (Wildman–Crippen LogP) is 2.14. The van der Waals surface area contributed by atoms with Crippen molar-refractivity contribution in [3.63, 3.8) is 0 Å². The van der Waals surface area contributed by atoms with Gasteiger partial charge in [-0.15, -0.1) is 0 Å². The molecule has 0 spiro atoms. The molecule has 2 rings (SSSR count). The van der Waals surface area contributed by atoms with Crippen molar-refractivity contribution in [1.29, 1.82) is 0 Å². The van der Waals surface area contributed by atoms with Gasteiger partial charge in [-0.05, 0) is 31.4 Å². The number of ether oxygens (including phenoxy) is 2. The average Bonchev–Trinajstić information content (AvgIpc) is 2.46. The fourth-order valence-electron chi connectivity index (χ4n) is 2.07. The first kappa shape index (κ1) is 14.2. The van der Waals surface area contributed by atoms with Crippen LogP contribution in [-0.2, 0) is 11.3 Å². The minimum absolute atomic E-state index is 0.113. The third-order valence-corrected chi connectivity index (χ3v) is 3.30. The van der Waals surface area contributed by atoms with E-state index >= 15 is 0 Å². The van der Waals surface area contributed by atoms with E-state index in [4.69, 9.17) is 9.47 Å². The standard InChI is InChI=1S/C14H21FN2O2/c1-2-16-9-12-3-6-17-14(13(12)15)19-10-11-4-7-18-8-5-11/h3,6,11,16H,2,4-5,7-10H2,1H3. The summed E-state index contributed by atoms with van der Waals surface area (Å²) in [5.41, 5.74) is 0.596. The van der Waals surface area contributed by atoms with Crippen molar-refractivity contribution in [2.24, 2.45) is 5.92 Å². The lowest BCUT2D eigenvalue weighted by atomic mass is 10.0. The molecular formula is C14H21FN2O2. The molecule has 0 amide bonds. The van der Waals surface area contributed by atoms with Crippen molar-refractivity contribution in [3.05, 3.63) is 23.6 Å². The van der Waals surface area contributed by atoms with Crippen LogP contribution in [-0.4, -0.2) is 31.3 Å². The fourth-order valence-corrected chi connectivity index (χ4v) is 2.07. The molecule has 0 radical (unpaired) electrons. The normalized spacial score (nSPS) is 16.5. The van der Waals surface area contributed by atoms with Crippen molar-refractivity contribution in [1.82, 2.24) is 10.3 Å². The third kappa shape index (κ3) is 4.14. The van der Waals surface area contributed by atoms with E-state index in [2.05, 4.69) is 10.3 Å². The lowest BCUT2D eigenvalue weighted by molar-refractivity contribution is 0.0483. The minimum atomic E-state index is -0.351. The van der Waals surface area contributed by atoms with Gasteiger partial charge >= 0.3 is 0 Å². The van der Waals surface area contributed by atoms with Gasteiger partial charge in [-0.25, -0.2) is 9.37 Å². The van der Waals surface area contributed by atoms with Crippen LogP contribution in [0.15, 0.2) is 12.3 Å². The van der Waals surface area contributed by atoms with E-state index in [1.165, 1.54) is 0 Å². The SMILES string of the molecule is CCNCc1ccnc(OCC2CCOCC2)c1F. The summed E-state index contributed by atoms with van der Waals surface area (Å²) in [6, 6.07) is 1.68. The van der Waals surface area contributed by atoms with Crippen LogP contribution in [0.3, 0.4) is 0 Å². The van der Waals surface area contributed by atoms with E-state index in [1.54, 1.807) is 12.3 Å². The molecule has 0 saturated carbocycles. The number of nitrogens with zero attached hydrogens (tertiary/aromatic N) is 1. The fraction of sp³-hybridized carbons (Fsp3) is 0.643. The number of nitrogens with one attached hydrogen (secondary N) is 1. The Morgan fingerprint density at radius 3 is 3.00 bits per heavy atom. The quantitative estimate of drug-likeness (QED) is 0.858.